The molecular weight excluding hydrogens is 320 g/mol. The molecule has 4 aromatic carbocycles. The Morgan fingerprint density at radius 3 is 2.54 bits per heavy atom. The van der Waals surface area contributed by atoms with Crippen LogP contribution in [0.15, 0.2) is 72.8 Å². The van der Waals surface area contributed by atoms with Crippen molar-refractivity contribution in [2.75, 3.05) is 5.32 Å². The highest BCUT2D eigenvalue weighted by atomic mass is 16.7. The molecule has 2 aliphatic rings. The number of fused-ring (bicyclic) bond motifs is 6. The molecule has 6 rings (SSSR count). The summed E-state index contributed by atoms with van der Waals surface area (Å²) in [5.41, 5.74) is 6.80. The third-order valence-electron chi connectivity index (χ3n) is 5.71. The fourth-order valence-corrected chi connectivity index (χ4v) is 4.49. The largest absolute Gasteiger partial charge is 0.406 e. The molecule has 26 heavy (non-hydrogen) atoms. The first-order chi connectivity index (χ1) is 12.8. The van der Waals surface area contributed by atoms with E-state index in [1.54, 1.807) is 0 Å². The summed E-state index contributed by atoms with van der Waals surface area (Å²) in [5, 5.41) is 8.79. The van der Waals surface area contributed by atoms with Gasteiger partial charge in [-0.25, -0.2) is 0 Å². The van der Waals surface area contributed by atoms with Crippen LogP contribution in [0.1, 0.15) is 11.1 Å². The van der Waals surface area contributed by atoms with Crippen LogP contribution in [0.25, 0.3) is 21.5 Å². The standard InChI is InChI=1S/C23H18N2O/c1-3-7-17-15(5-1)9-10-19-18(17)11-12-22-20(19)14-23(25-26-22)13-16-6-2-4-8-21(16)24-23/h1-12,24-25H,13-14H2. The fraction of sp³-hybridized carbons (Fsp3) is 0.130. The summed E-state index contributed by atoms with van der Waals surface area (Å²) < 4.78 is 0. The van der Waals surface area contributed by atoms with Gasteiger partial charge in [0.25, 0.3) is 0 Å². The van der Waals surface area contributed by atoms with E-state index in [1.807, 2.05) is 0 Å². The predicted molar refractivity (Wildman–Crippen MR) is 105 cm³/mol. The van der Waals surface area contributed by atoms with Gasteiger partial charge in [-0.1, -0.05) is 54.6 Å². The molecule has 3 heteroatoms. The quantitative estimate of drug-likeness (QED) is 0.452. The van der Waals surface area contributed by atoms with Crippen LogP contribution in [-0.4, -0.2) is 5.66 Å². The first-order valence-corrected chi connectivity index (χ1v) is 9.05. The number of nitrogens with one attached hydrogen (secondary N) is 2. The minimum Gasteiger partial charge on any atom is -0.406 e. The Morgan fingerprint density at radius 1 is 0.731 bits per heavy atom. The molecule has 0 bridgehead atoms. The SMILES string of the molecule is c1ccc2c(c1)CC1(Cc3c(ccc4c3ccc3ccccc34)ON1)N2. The van der Waals surface area contributed by atoms with E-state index in [1.165, 1.54) is 38.4 Å². The van der Waals surface area contributed by atoms with Crippen molar-refractivity contribution in [1.82, 2.24) is 5.48 Å². The van der Waals surface area contributed by atoms with E-state index >= 15 is 0 Å². The van der Waals surface area contributed by atoms with Crippen LogP contribution in [0.4, 0.5) is 5.69 Å². The molecular formula is C23H18N2O. The molecule has 2 heterocycles. The molecule has 1 spiro atoms. The third-order valence-corrected chi connectivity index (χ3v) is 5.71. The molecule has 1 unspecified atom stereocenters. The average Bonchev–Trinajstić information content (AvgIpc) is 3.05. The van der Waals surface area contributed by atoms with Gasteiger partial charge in [0.2, 0.25) is 0 Å². The highest BCUT2D eigenvalue weighted by molar-refractivity contribution is 6.09. The van der Waals surface area contributed by atoms with E-state index in [0.717, 1.165) is 18.6 Å². The molecule has 0 saturated carbocycles. The summed E-state index contributed by atoms with van der Waals surface area (Å²) in [6, 6.07) is 25.8. The molecule has 2 N–H and O–H groups in total. The maximum atomic E-state index is 6.00. The van der Waals surface area contributed by atoms with E-state index in [2.05, 4.69) is 83.6 Å². The van der Waals surface area contributed by atoms with Crippen molar-refractivity contribution in [3.8, 4) is 5.75 Å². The number of para-hydroxylation sites is 1. The summed E-state index contributed by atoms with van der Waals surface area (Å²) in [4.78, 5) is 6.00. The molecule has 0 fully saturated rings. The van der Waals surface area contributed by atoms with Gasteiger partial charge in [-0.2, -0.15) is 0 Å². The summed E-state index contributed by atoms with van der Waals surface area (Å²) >= 11 is 0. The van der Waals surface area contributed by atoms with Crippen molar-refractivity contribution in [2.24, 2.45) is 0 Å². The van der Waals surface area contributed by atoms with Crippen molar-refractivity contribution in [1.29, 1.82) is 0 Å². The normalized spacial score (nSPS) is 20.6. The molecule has 0 aliphatic carbocycles. The maximum absolute atomic E-state index is 6.00. The van der Waals surface area contributed by atoms with Crippen molar-refractivity contribution in [3.63, 3.8) is 0 Å². The lowest BCUT2D eigenvalue weighted by Crippen LogP contribution is -2.56. The Balaban J connectivity index is 1.52. The Bertz CT molecular complexity index is 1160. The topological polar surface area (TPSA) is 33.3 Å². The van der Waals surface area contributed by atoms with E-state index in [-0.39, 0.29) is 5.66 Å². The van der Waals surface area contributed by atoms with Gasteiger partial charge >= 0.3 is 0 Å². The smallest absolute Gasteiger partial charge is 0.151 e. The second kappa shape index (κ2) is 4.99. The lowest BCUT2D eigenvalue weighted by molar-refractivity contribution is 0.0874. The van der Waals surface area contributed by atoms with Crippen LogP contribution >= 0.6 is 0 Å². The fourth-order valence-electron chi connectivity index (χ4n) is 4.49. The van der Waals surface area contributed by atoms with Gasteiger partial charge in [0.15, 0.2) is 5.75 Å². The van der Waals surface area contributed by atoms with Gasteiger partial charge < -0.3 is 10.2 Å². The molecule has 0 saturated heterocycles. The summed E-state index contributed by atoms with van der Waals surface area (Å²) in [6.45, 7) is 0. The highest BCUT2D eigenvalue weighted by Gasteiger charge is 2.41. The van der Waals surface area contributed by atoms with E-state index in [4.69, 9.17) is 4.84 Å². The van der Waals surface area contributed by atoms with Crippen LogP contribution in [0.3, 0.4) is 0 Å². The molecule has 3 nitrogen and oxygen atoms in total. The van der Waals surface area contributed by atoms with Crippen molar-refractivity contribution in [2.45, 2.75) is 18.5 Å². The number of hydroxylamine groups is 1. The maximum Gasteiger partial charge on any atom is 0.151 e. The van der Waals surface area contributed by atoms with Crippen LogP contribution in [0.2, 0.25) is 0 Å². The second-order valence-corrected chi connectivity index (χ2v) is 7.35. The Kier molecular flexibility index (Phi) is 2.72. The Hall–Kier alpha value is -3.04. The molecule has 2 aliphatic heterocycles. The number of hydrogen-bond donors (Lipinski definition) is 2. The zero-order valence-corrected chi connectivity index (χ0v) is 14.3. The molecule has 1 atom stereocenters. The number of benzene rings is 4. The van der Waals surface area contributed by atoms with Gasteiger partial charge in [0.1, 0.15) is 5.66 Å². The van der Waals surface area contributed by atoms with Gasteiger partial charge in [-0.15, -0.1) is 5.48 Å². The van der Waals surface area contributed by atoms with Crippen LogP contribution in [0.5, 0.6) is 5.75 Å². The number of hydrogen-bond acceptors (Lipinski definition) is 3. The van der Waals surface area contributed by atoms with E-state index in [9.17, 15) is 0 Å². The molecule has 0 amide bonds. The first kappa shape index (κ1) is 14.2. The first-order valence-electron chi connectivity index (χ1n) is 9.05. The van der Waals surface area contributed by atoms with Gasteiger partial charge in [-0.3, -0.25) is 0 Å². The van der Waals surface area contributed by atoms with Gasteiger partial charge in [-0.05, 0) is 45.3 Å². The molecule has 4 aromatic rings. The minimum atomic E-state index is -0.281. The predicted octanol–water partition coefficient (Wildman–Crippen LogP) is 4.80. The van der Waals surface area contributed by atoms with Crippen LogP contribution < -0.4 is 15.6 Å². The average molecular weight is 338 g/mol. The number of anilines is 1. The summed E-state index contributed by atoms with van der Waals surface area (Å²) in [6.07, 6.45) is 1.79. The summed E-state index contributed by atoms with van der Waals surface area (Å²) in [5.74, 6) is 0.927. The molecule has 126 valence electrons. The molecule has 0 radical (unpaired) electrons. The second-order valence-electron chi connectivity index (χ2n) is 7.35. The zero-order valence-electron chi connectivity index (χ0n) is 14.3. The lowest BCUT2D eigenvalue weighted by Gasteiger charge is -2.36. The van der Waals surface area contributed by atoms with Crippen molar-refractivity contribution in [3.05, 3.63) is 83.9 Å². The lowest BCUT2D eigenvalue weighted by atomic mass is 9.90. The van der Waals surface area contributed by atoms with E-state index < -0.39 is 0 Å². The van der Waals surface area contributed by atoms with Gasteiger partial charge in [0.05, 0.1) is 0 Å². The Morgan fingerprint density at radius 2 is 1.58 bits per heavy atom. The number of rotatable bonds is 0. The van der Waals surface area contributed by atoms with Crippen molar-refractivity contribution < 1.29 is 4.84 Å². The van der Waals surface area contributed by atoms with Crippen molar-refractivity contribution >= 4 is 27.2 Å². The Labute approximate surface area is 151 Å². The minimum absolute atomic E-state index is 0.281. The monoisotopic (exact) mass is 338 g/mol. The van der Waals surface area contributed by atoms with Gasteiger partial charge in [0, 0.05) is 24.1 Å². The summed E-state index contributed by atoms with van der Waals surface area (Å²) in [7, 11) is 0. The highest BCUT2D eigenvalue weighted by Crippen LogP contribution is 2.41. The molecule has 0 aromatic heterocycles. The van der Waals surface area contributed by atoms with E-state index in [0.29, 0.717) is 0 Å². The zero-order chi connectivity index (χ0) is 17.1. The third kappa shape index (κ3) is 1.92. The van der Waals surface area contributed by atoms with Crippen LogP contribution in [-0.2, 0) is 12.8 Å². The van der Waals surface area contributed by atoms with Crippen LogP contribution in [0, 0.1) is 0 Å².